The van der Waals surface area contributed by atoms with Gasteiger partial charge < -0.3 is 10.0 Å². The second-order valence-corrected chi connectivity index (χ2v) is 8.64. The molecular weight excluding hydrogens is 380 g/mol. The molecule has 1 amide bonds. The first-order valence-corrected chi connectivity index (χ1v) is 10.4. The van der Waals surface area contributed by atoms with Gasteiger partial charge in [0.2, 0.25) is 15.9 Å². The Morgan fingerprint density at radius 1 is 1.11 bits per heavy atom. The summed E-state index contributed by atoms with van der Waals surface area (Å²) in [7, 11) is -3.75. The number of fused-ring (bicyclic) bond motifs is 1. The summed E-state index contributed by atoms with van der Waals surface area (Å²) in [5, 5.41) is 8.94. The molecule has 3 rings (SSSR count). The standard InChI is InChI=1S/C20H22N2O5S/c1-14-2-6-18(7-3-14)28(26,27)21-12-19(23)22-9-8-16-5-4-15(11-20(24)25)10-17(16)13-22/h2-7,10,21H,8-9,11-13H2,1H3,(H,24,25). The van der Waals surface area contributed by atoms with Crippen LogP contribution in [0.5, 0.6) is 0 Å². The molecule has 7 nitrogen and oxygen atoms in total. The van der Waals surface area contributed by atoms with Crippen molar-refractivity contribution in [3.8, 4) is 0 Å². The Kier molecular flexibility index (Phi) is 5.81. The topological polar surface area (TPSA) is 104 Å². The van der Waals surface area contributed by atoms with Crippen LogP contribution in [-0.2, 0) is 39.0 Å². The third kappa shape index (κ3) is 4.76. The number of sulfonamides is 1. The summed E-state index contributed by atoms with van der Waals surface area (Å²) in [6, 6.07) is 11.9. The van der Waals surface area contributed by atoms with Gasteiger partial charge in [0, 0.05) is 13.1 Å². The fraction of sp³-hybridized carbons (Fsp3) is 0.300. The molecule has 2 aromatic rings. The molecule has 2 N–H and O–H groups in total. The molecule has 0 atom stereocenters. The summed E-state index contributed by atoms with van der Waals surface area (Å²) in [5.41, 5.74) is 3.61. The Balaban J connectivity index is 1.64. The Labute approximate surface area is 164 Å². The van der Waals surface area contributed by atoms with Crippen LogP contribution in [0.3, 0.4) is 0 Å². The van der Waals surface area contributed by atoms with Gasteiger partial charge in [-0.15, -0.1) is 0 Å². The van der Waals surface area contributed by atoms with Crippen molar-refractivity contribution in [2.24, 2.45) is 0 Å². The number of aryl methyl sites for hydroxylation is 1. The molecule has 0 bridgehead atoms. The third-order valence-corrected chi connectivity index (χ3v) is 6.15. The monoisotopic (exact) mass is 402 g/mol. The number of hydrogen-bond donors (Lipinski definition) is 2. The lowest BCUT2D eigenvalue weighted by molar-refractivity contribution is -0.136. The fourth-order valence-electron chi connectivity index (χ4n) is 3.18. The number of rotatable bonds is 6. The molecule has 1 heterocycles. The van der Waals surface area contributed by atoms with E-state index in [0.29, 0.717) is 25.1 Å². The maximum atomic E-state index is 12.5. The van der Waals surface area contributed by atoms with Gasteiger partial charge in [-0.05, 0) is 42.2 Å². The zero-order valence-corrected chi connectivity index (χ0v) is 16.3. The highest BCUT2D eigenvalue weighted by Gasteiger charge is 2.23. The Morgan fingerprint density at radius 2 is 1.82 bits per heavy atom. The van der Waals surface area contributed by atoms with Crippen LogP contribution in [0.25, 0.3) is 0 Å². The van der Waals surface area contributed by atoms with Gasteiger partial charge in [0.25, 0.3) is 0 Å². The van der Waals surface area contributed by atoms with Crippen LogP contribution in [-0.4, -0.2) is 43.4 Å². The van der Waals surface area contributed by atoms with Gasteiger partial charge in [0.1, 0.15) is 0 Å². The average Bonchev–Trinajstić information content (AvgIpc) is 2.65. The Morgan fingerprint density at radius 3 is 2.50 bits per heavy atom. The number of aliphatic carboxylic acids is 1. The average molecular weight is 402 g/mol. The predicted octanol–water partition coefficient (Wildman–Crippen LogP) is 1.49. The van der Waals surface area contributed by atoms with Crippen molar-refractivity contribution in [1.82, 2.24) is 9.62 Å². The number of amides is 1. The van der Waals surface area contributed by atoms with Gasteiger partial charge in [-0.1, -0.05) is 35.9 Å². The third-order valence-electron chi connectivity index (χ3n) is 4.74. The number of nitrogens with one attached hydrogen (secondary N) is 1. The van der Waals surface area contributed by atoms with Gasteiger partial charge in [-0.2, -0.15) is 0 Å². The molecule has 1 aliphatic heterocycles. The van der Waals surface area contributed by atoms with E-state index in [2.05, 4.69) is 4.72 Å². The molecule has 0 unspecified atom stereocenters. The zero-order valence-electron chi connectivity index (χ0n) is 15.5. The molecular formula is C20H22N2O5S. The lowest BCUT2D eigenvalue weighted by Gasteiger charge is -2.29. The van der Waals surface area contributed by atoms with Crippen molar-refractivity contribution in [3.05, 3.63) is 64.7 Å². The number of carbonyl (C=O) groups excluding carboxylic acids is 1. The minimum absolute atomic E-state index is 0.0718. The van der Waals surface area contributed by atoms with E-state index in [-0.39, 0.29) is 23.8 Å². The van der Waals surface area contributed by atoms with E-state index < -0.39 is 16.0 Å². The van der Waals surface area contributed by atoms with Gasteiger partial charge in [0.05, 0.1) is 17.9 Å². The first kappa shape index (κ1) is 20.0. The van der Waals surface area contributed by atoms with Crippen LogP contribution in [0.15, 0.2) is 47.4 Å². The van der Waals surface area contributed by atoms with Gasteiger partial charge in [-0.25, -0.2) is 13.1 Å². The van der Waals surface area contributed by atoms with Crippen LogP contribution < -0.4 is 4.72 Å². The maximum absolute atomic E-state index is 12.5. The lowest BCUT2D eigenvalue weighted by Crippen LogP contribution is -2.42. The molecule has 0 spiro atoms. The van der Waals surface area contributed by atoms with Crippen LogP contribution in [0.1, 0.15) is 22.3 Å². The van der Waals surface area contributed by atoms with Crippen molar-refractivity contribution >= 4 is 21.9 Å². The molecule has 28 heavy (non-hydrogen) atoms. The van der Waals surface area contributed by atoms with E-state index in [1.54, 1.807) is 29.2 Å². The van der Waals surface area contributed by atoms with Crippen molar-refractivity contribution in [1.29, 1.82) is 0 Å². The predicted molar refractivity (Wildman–Crippen MR) is 103 cm³/mol. The SMILES string of the molecule is Cc1ccc(S(=O)(=O)NCC(=O)N2CCc3ccc(CC(=O)O)cc3C2)cc1. The normalized spacial score (nSPS) is 13.8. The highest BCUT2D eigenvalue weighted by Crippen LogP contribution is 2.21. The fourth-order valence-corrected chi connectivity index (χ4v) is 4.15. The van der Waals surface area contributed by atoms with Crippen LogP contribution in [0.2, 0.25) is 0 Å². The molecule has 148 valence electrons. The largest absolute Gasteiger partial charge is 0.481 e. The van der Waals surface area contributed by atoms with Crippen LogP contribution >= 0.6 is 0 Å². The summed E-state index contributed by atoms with van der Waals surface area (Å²) in [6.07, 6.45) is 0.580. The zero-order chi connectivity index (χ0) is 20.3. The second kappa shape index (κ2) is 8.12. The minimum atomic E-state index is -3.75. The molecule has 0 saturated heterocycles. The highest BCUT2D eigenvalue weighted by atomic mass is 32.2. The Hall–Kier alpha value is -2.71. The van der Waals surface area contributed by atoms with Crippen LogP contribution in [0.4, 0.5) is 0 Å². The second-order valence-electron chi connectivity index (χ2n) is 6.88. The number of carboxylic acid groups (broad SMARTS) is 1. The number of carbonyl (C=O) groups is 2. The highest BCUT2D eigenvalue weighted by molar-refractivity contribution is 7.89. The lowest BCUT2D eigenvalue weighted by atomic mass is 9.96. The number of benzene rings is 2. The van der Waals surface area contributed by atoms with Crippen molar-refractivity contribution in [2.75, 3.05) is 13.1 Å². The molecule has 0 aliphatic carbocycles. The quantitative estimate of drug-likeness (QED) is 0.762. The first-order valence-electron chi connectivity index (χ1n) is 8.91. The van der Waals surface area contributed by atoms with E-state index in [0.717, 1.165) is 16.7 Å². The molecule has 0 fully saturated rings. The molecule has 0 aromatic heterocycles. The van der Waals surface area contributed by atoms with E-state index in [4.69, 9.17) is 5.11 Å². The number of carboxylic acids is 1. The van der Waals surface area contributed by atoms with Crippen molar-refractivity contribution < 1.29 is 23.1 Å². The maximum Gasteiger partial charge on any atom is 0.307 e. The van der Waals surface area contributed by atoms with Gasteiger partial charge >= 0.3 is 5.97 Å². The molecule has 0 saturated carbocycles. The smallest absolute Gasteiger partial charge is 0.307 e. The van der Waals surface area contributed by atoms with E-state index >= 15 is 0 Å². The van der Waals surface area contributed by atoms with E-state index in [1.807, 2.05) is 13.0 Å². The molecule has 2 aromatic carbocycles. The van der Waals surface area contributed by atoms with Crippen molar-refractivity contribution in [3.63, 3.8) is 0 Å². The van der Waals surface area contributed by atoms with Crippen LogP contribution in [0, 0.1) is 6.92 Å². The van der Waals surface area contributed by atoms with E-state index in [1.165, 1.54) is 12.1 Å². The number of nitrogens with zero attached hydrogens (tertiary/aromatic N) is 1. The Bertz CT molecular complexity index is 1000. The molecule has 1 aliphatic rings. The summed E-state index contributed by atoms with van der Waals surface area (Å²) < 4.78 is 27.0. The molecule has 0 radical (unpaired) electrons. The van der Waals surface area contributed by atoms with Crippen molar-refractivity contribution in [2.45, 2.75) is 31.2 Å². The summed E-state index contributed by atoms with van der Waals surface area (Å²) in [4.78, 5) is 25.1. The summed E-state index contributed by atoms with van der Waals surface area (Å²) in [6.45, 7) is 2.38. The number of hydrogen-bond acceptors (Lipinski definition) is 4. The van der Waals surface area contributed by atoms with Gasteiger partial charge in [-0.3, -0.25) is 9.59 Å². The van der Waals surface area contributed by atoms with Gasteiger partial charge in [0.15, 0.2) is 0 Å². The molecule has 8 heteroatoms. The van der Waals surface area contributed by atoms with E-state index in [9.17, 15) is 18.0 Å². The minimum Gasteiger partial charge on any atom is -0.481 e. The summed E-state index contributed by atoms with van der Waals surface area (Å²) in [5.74, 6) is -1.22. The summed E-state index contributed by atoms with van der Waals surface area (Å²) >= 11 is 0. The first-order chi connectivity index (χ1) is 13.2.